The van der Waals surface area contributed by atoms with Crippen LogP contribution in [-0.2, 0) is 11.2 Å². The predicted molar refractivity (Wildman–Crippen MR) is 82.3 cm³/mol. The van der Waals surface area contributed by atoms with Gasteiger partial charge in [0.15, 0.2) is 0 Å². The molecular formula is C17H26N2O. The predicted octanol–water partition coefficient (Wildman–Crippen LogP) is 2.94. The van der Waals surface area contributed by atoms with E-state index in [2.05, 4.69) is 50.4 Å². The molecule has 0 bridgehead atoms. The molecule has 1 amide bonds. The molecule has 1 saturated carbocycles. The number of amides is 1. The molecule has 20 heavy (non-hydrogen) atoms. The quantitative estimate of drug-likeness (QED) is 0.867. The van der Waals surface area contributed by atoms with Gasteiger partial charge in [0.1, 0.15) is 0 Å². The Bertz CT molecular complexity index is 460. The second-order valence-corrected chi connectivity index (χ2v) is 6.30. The Morgan fingerprint density at radius 1 is 1.30 bits per heavy atom. The van der Waals surface area contributed by atoms with Crippen LogP contribution < -0.4 is 11.1 Å². The van der Waals surface area contributed by atoms with Crippen LogP contribution >= 0.6 is 0 Å². The summed E-state index contributed by atoms with van der Waals surface area (Å²) in [4.78, 5) is 12.3. The maximum absolute atomic E-state index is 12.3. The summed E-state index contributed by atoms with van der Waals surface area (Å²) in [5.74, 6) is 0.345. The fourth-order valence-electron chi connectivity index (χ4n) is 2.67. The molecule has 1 aliphatic carbocycles. The van der Waals surface area contributed by atoms with E-state index in [4.69, 9.17) is 5.73 Å². The number of benzene rings is 1. The van der Waals surface area contributed by atoms with Gasteiger partial charge in [-0.1, -0.05) is 45.0 Å². The molecule has 0 aromatic heterocycles. The van der Waals surface area contributed by atoms with E-state index in [0.29, 0.717) is 5.92 Å². The highest BCUT2D eigenvalue weighted by atomic mass is 16.2. The van der Waals surface area contributed by atoms with Crippen molar-refractivity contribution in [2.75, 3.05) is 0 Å². The normalized spacial score (nSPS) is 18.4. The lowest BCUT2D eigenvalue weighted by Crippen LogP contribution is -2.59. The highest BCUT2D eigenvalue weighted by molar-refractivity contribution is 5.87. The maximum atomic E-state index is 12.3. The summed E-state index contributed by atoms with van der Waals surface area (Å²) >= 11 is 0. The summed E-state index contributed by atoms with van der Waals surface area (Å²) in [7, 11) is 0. The van der Waals surface area contributed by atoms with E-state index >= 15 is 0 Å². The fourth-order valence-corrected chi connectivity index (χ4v) is 2.67. The third-order valence-electron chi connectivity index (χ3n) is 4.40. The van der Waals surface area contributed by atoms with Crippen LogP contribution in [0.4, 0.5) is 0 Å². The molecule has 0 radical (unpaired) electrons. The number of hydrogen-bond donors (Lipinski definition) is 2. The Kier molecular flexibility index (Phi) is 4.48. The van der Waals surface area contributed by atoms with E-state index in [9.17, 15) is 4.79 Å². The molecule has 2 rings (SSSR count). The van der Waals surface area contributed by atoms with Gasteiger partial charge in [0.2, 0.25) is 5.91 Å². The number of rotatable bonds is 5. The van der Waals surface area contributed by atoms with Crippen LogP contribution in [0.3, 0.4) is 0 Å². The van der Waals surface area contributed by atoms with Gasteiger partial charge in [0.25, 0.3) is 0 Å². The first-order valence-electron chi connectivity index (χ1n) is 7.65. The Morgan fingerprint density at radius 3 is 2.30 bits per heavy atom. The monoisotopic (exact) mass is 274 g/mol. The van der Waals surface area contributed by atoms with Crippen molar-refractivity contribution in [3.63, 3.8) is 0 Å². The lowest BCUT2D eigenvalue weighted by molar-refractivity contribution is -0.130. The molecule has 1 atom stereocenters. The number of carbonyl (C=O) groups excluding carboxylic acids is 1. The number of nitrogens with one attached hydrogen (secondary N) is 1. The second kappa shape index (κ2) is 5.96. The van der Waals surface area contributed by atoms with Crippen molar-refractivity contribution in [3.8, 4) is 0 Å². The maximum Gasteiger partial charge on any atom is 0.240 e. The van der Waals surface area contributed by atoms with Crippen LogP contribution in [-0.4, -0.2) is 11.4 Å². The van der Waals surface area contributed by atoms with Gasteiger partial charge in [0, 0.05) is 0 Å². The first kappa shape index (κ1) is 15.0. The van der Waals surface area contributed by atoms with Gasteiger partial charge < -0.3 is 11.1 Å². The molecule has 0 spiro atoms. The van der Waals surface area contributed by atoms with Crippen molar-refractivity contribution >= 4 is 5.91 Å². The highest BCUT2D eigenvalue weighted by Crippen LogP contribution is 2.31. The SMILES string of the molecule is CCc1ccc(C(NC(=O)C2(N)CCC2)C(C)C)cc1. The van der Waals surface area contributed by atoms with Crippen molar-refractivity contribution in [2.24, 2.45) is 11.7 Å². The zero-order chi connectivity index (χ0) is 14.8. The third kappa shape index (κ3) is 3.04. The molecule has 0 aliphatic heterocycles. The van der Waals surface area contributed by atoms with E-state index in [-0.39, 0.29) is 11.9 Å². The summed E-state index contributed by atoms with van der Waals surface area (Å²) in [6.45, 7) is 6.40. The van der Waals surface area contributed by atoms with Gasteiger partial charge in [-0.15, -0.1) is 0 Å². The minimum Gasteiger partial charge on any atom is -0.347 e. The van der Waals surface area contributed by atoms with E-state index < -0.39 is 5.54 Å². The van der Waals surface area contributed by atoms with Gasteiger partial charge in [-0.2, -0.15) is 0 Å². The molecule has 1 unspecified atom stereocenters. The number of aryl methyl sites for hydroxylation is 1. The molecule has 0 saturated heterocycles. The van der Waals surface area contributed by atoms with Crippen molar-refractivity contribution in [1.82, 2.24) is 5.32 Å². The summed E-state index contributed by atoms with van der Waals surface area (Å²) in [6.07, 6.45) is 3.70. The molecule has 1 fully saturated rings. The first-order valence-corrected chi connectivity index (χ1v) is 7.65. The van der Waals surface area contributed by atoms with Crippen LogP contribution in [0.1, 0.15) is 57.2 Å². The zero-order valence-electron chi connectivity index (χ0n) is 12.8. The second-order valence-electron chi connectivity index (χ2n) is 6.30. The number of carbonyl (C=O) groups is 1. The zero-order valence-corrected chi connectivity index (χ0v) is 12.8. The van der Waals surface area contributed by atoms with Gasteiger partial charge in [-0.25, -0.2) is 0 Å². The summed E-state index contributed by atoms with van der Waals surface area (Å²) in [5, 5.41) is 3.15. The topological polar surface area (TPSA) is 55.1 Å². The van der Waals surface area contributed by atoms with E-state index in [1.165, 1.54) is 5.56 Å². The van der Waals surface area contributed by atoms with Crippen LogP contribution in [0.15, 0.2) is 24.3 Å². The number of nitrogens with two attached hydrogens (primary N) is 1. The van der Waals surface area contributed by atoms with Crippen LogP contribution in [0, 0.1) is 5.92 Å². The average molecular weight is 274 g/mol. The smallest absolute Gasteiger partial charge is 0.240 e. The van der Waals surface area contributed by atoms with E-state index in [0.717, 1.165) is 31.2 Å². The Morgan fingerprint density at radius 2 is 1.90 bits per heavy atom. The molecule has 1 aliphatic rings. The van der Waals surface area contributed by atoms with E-state index in [1.807, 2.05) is 0 Å². The molecule has 3 N–H and O–H groups in total. The first-order chi connectivity index (χ1) is 9.46. The molecule has 3 heteroatoms. The van der Waals surface area contributed by atoms with Gasteiger partial charge in [0.05, 0.1) is 11.6 Å². The van der Waals surface area contributed by atoms with Crippen molar-refractivity contribution in [1.29, 1.82) is 0 Å². The molecule has 1 aromatic carbocycles. The summed E-state index contributed by atoms with van der Waals surface area (Å²) in [6, 6.07) is 8.55. The highest BCUT2D eigenvalue weighted by Gasteiger charge is 2.41. The Labute approximate surface area is 121 Å². The molecule has 3 nitrogen and oxygen atoms in total. The molecular weight excluding hydrogens is 248 g/mol. The average Bonchev–Trinajstić information content (AvgIpc) is 2.41. The third-order valence-corrected chi connectivity index (χ3v) is 4.40. The number of hydrogen-bond acceptors (Lipinski definition) is 2. The van der Waals surface area contributed by atoms with Crippen LogP contribution in [0.25, 0.3) is 0 Å². The minimum atomic E-state index is -0.628. The lowest BCUT2D eigenvalue weighted by atomic mass is 9.76. The summed E-state index contributed by atoms with van der Waals surface area (Å²) < 4.78 is 0. The largest absolute Gasteiger partial charge is 0.347 e. The molecule has 0 heterocycles. The fraction of sp³-hybridized carbons (Fsp3) is 0.588. The van der Waals surface area contributed by atoms with Gasteiger partial charge >= 0.3 is 0 Å². The standard InChI is InChI=1S/C17H26N2O/c1-4-13-6-8-14(9-7-13)15(12(2)3)19-16(20)17(18)10-5-11-17/h6-9,12,15H,4-5,10-11,18H2,1-3H3,(H,19,20). The van der Waals surface area contributed by atoms with Crippen molar-refractivity contribution in [3.05, 3.63) is 35.4 Å². The molecule has 1 aromatic rings. The molecule has 110 valence electrons. The van der Waals surface area contributed by atoms with E-state index in [1.54, 1.807) is 0 Å². The minimum absolute atomic E-state index is 0.00187. The van der Waals surface area contributed by atoms with Crippen molar-refractivity contribution in [2.45, 2.75) is 58.0 Å². The lowest BCUT2D eigenvalue weighted by Gasteiger charge is -2.38. The summed E-state index contributed by atoms with van der Waals surface area (Å²) in [5.41, 5.74) is 7.96. The van der Waals surface area contributed by atoms with Crippen LogP contribution in [0.5, 0.6) is 0 Å². The van der Waals surface area contributed by atoms with Crippen LogP contribution in [0.2, 0.25) is 0 Å². The van der Waals surface area contributed by atoms with Crippen molar-refractivity contribution < 1.29 is 4.79 Å². The Balaban J connectivity index is 2.12. The Hall–Kier alpha value is -1.35. The van der Waals surface area contributed by atoms with Gasteiger partial charge in [-0.05, 0) is 42.7 Å². The van der Waals surface area contributed by atoms with Gasteiger partial charge in [-0.3, -0.25) is 4.79 Å².